The lowest BCUT2D eigenvalue weighted by Gasteiger charge is -2.01. The third-order valence-corrected chi connectivity index (χ3v) is 2.25. The monoisotopic (exact) mass is 267 g/mol. The van der Waals surface area contributed by atoms with Crippen LogP contribution in [0.3, 0.4) is 0 Å². The van der Waals surface area contributed by atoms with Gasteiger partial charge in [0.15, 0.2) is 6.29 Å². The molecule has 19 heavy (non-hydrogen) atoms. The molecule has 1 aliphatic rings. The molecule has 0 unspecified atom stereocenters. The van der Waals surface area contributed by atoms with E-state index in [0.29, 0.717) is 12.0 Å². The summed E-state index contributed by atoms with van der Waals surface area (Å²) in [7, 11) is 2.17. The molecule has 1 aromatic heterocycles. The van der Waals surface area contributed by atoms with Crippen molar-refractivity contribution in [2.45, 2.75) is 33.6 Å². The zero-order chi connectivity index (χ0) is 15.1. The lowest BCUT2D eigenvalue weighted by molar-refractivity contribution is -0.0979. The molecule has 5 heteroatoms. The predicted octanol–water partition coefficient (Wildman–Crippen LogP) is 2.15. The van der Waals surface area contributed by atoms with Crippen LogP contribution in [0, 0.1) is 6.92 Å². The molecule has 0 N–H and O–H groups in total. The van der Waals surface area contributed by atoms with Crippen LogP contribution in [0.1, 0.15) is 42.9 Å². The maximum absolute atomic E-state index is 10.0. The van der Waals surface area contributed by atoms with Crippen molar-refractivity contribution in [3.63, 3.8) is 0 Å². The molecule has 0 amide bonds. The number of nitrogens with zero attached hydrogens (tertiary/aromatic N) is 3. The number of aromatic nitrogens is 2. The van der Waals surface area contributed by atoms with Gasteiger partial charge in [-0.25, -0.2) is 4.98 Å². The lowest BCUT2D eigenvalue weighted by Crippen LogP contribution is -2.10. The first-order chi connectivity index (χ1) is 9.22. The molecule has 0 aromatic carbocycles. The summed E-state index contributed by atoms with van der Waals surface area (Å²) >= 11 is 0. The Morgan fingerprint density at radius 1 is 1.16 bits per heavy atom. The van der Waals surface area contributed by atoms with Crippen LogP contribution in [0.2, 0.25) is 0 Å². The van der Waals surface area contributed by atoms with Gasteiger partial charge in [0.05, 0.1) is 11.9 Å². The minimum Gasteiger partial charge on any atom is -0.307 e. The Bertz CT molecular complexity index is 309. The zero-order valence-corrected chi connectivity index (χ0v) is 12.4. The summed E-state index contributed by atoms with van der Waals surface area (Å²) in [5, 5.41) is 0. The minimum atomic E-state index is 0.376. The van der Waals surface area contributed by atoms with Gasteiger partial charge < -0.3 is 9.69 Å². The first-order valence-electron chi connectivity index (χ1n) is 6.43. The van der Waals surface area contributed by atoms with E-state index in [1.165, 1.54) is 32.1 Å². The summed E-state index contributed by atoms with van der Waals surface area (Å²) in [5.41, 5.74) is 1.20. The van der Waals surface area contributed by atoms with E-state index in [-0.39, 0.29) is 0 Å². The van der Waals surface area contributed by atoms with E-state index >= 15 is 0 Å². The maximum atomic E-state index is 10.0. The Morgan fingerprint density at radius 2 is 1.68 bits per heavy atom. The van der Waals surface area contributed by atoms with E-state index in [2.05, 4.69) is 21.9 Å². The van der Waals surface area contributed by atoms with Crippen molar-refractivity contribution in [1.29, 1.82) is 0 Å². The van der Waals surface area contributed by atoms with E-state index in [9.17, 15) is 4.79 Å². The van der Waals surface area contributed by atoms with E-state index in [4.69, 9.17) is 4.79 Å². The largest absolute Gasteiger partial charge is 0.307 e. The molecule has 0 bridgehead atoms. The van der Waals surface area contributed by atoms with Crippen molar-refractivity contribution in [2.75, 3.05) is 20.1 Å². The number of aryl methyl sites for hydroxylation is 1. The molecule has 0 aliphatic carbocycles. The van der Waals surface area contributed by atoms with E-state index in [1.54, 1.807) is 6.20 Å². The number of hydrogen-bond donors (Lipinski definition) is 0. The van der Waals surface area contributed by atoms with Crippen LogP contribution in [0.25, 0.3) is 0 Å². The number of hydrogen-bond acceptors (Lipinski definition) is 5. The molecule has 5 nitrogen and oxygen atoms in total. The van der Waals surface area contributed by atoms with Crippen molar-refractivity contribution < 1.29 is 9.59 Å². The van der Waals surface area contributed by atoms with Gasteiger partial charge in [-0.15, -0.1) is 0 Å². The second kappa shape index (κ2) is 14.4. The standard InChI is InChI=1S/C6H6N2O.C5H11N.C2H6.CH2O/c1-5-2-8-6(4-9)3-7-5;1-6-4-2-3-5-6;2*1-2/h2-4H,1H3;2-5H2,1H3;1-2H3;1H2. The molecule has 2 heterocycles. The summed E-state index contributed by atoms with van der Waals surface area (Å²) in [6, 6.07) is 0. The van der Waals surface area contributed by atoms with E-state index in [1.807, 2.05) is 27.6 Å². The Morgan fingerprint density at radius 3 is 1.95 bits per heavy atom. The molecule has 0 spiro atoms. The SMILES string of the molecule is C=O.CC.CN1CCCC1.Cc1cnc(C=O)cn1. The predicted molar refractivity (Wildman–Crippen MR) is 77.4 cm³/mol. The third kappa shape index (κ3) is 11.2. The van der Waals surface area contributed by atoms with Crippen LogP contribution < -0.4 is 0 Å². The number of carbonyl (C=O) groups is 2. The summed E-state index contributed by atoms with van der Waals surface area (Å²) < 4.78 is 0. The second-order valence-electron chi connectivity index (χ2n) is 3.71. The highest BCUT2D eigenvalue weighted by atomic mass is 16.1. The average molecular weight is 267 g/mol. The summed E-state index contributed by atoms with van der Waals surface area (Å²) in [4.78, 5) is 28.0. The maximum Gasteiger partial charge on any atom is 0.170 e. The molecular weight excluding hydrogens is 242 g/mol. The van der Waals surface area contributed by atoms with Gasteiger partial charge in [0.2, 0.25) is 0 Å². The highest BCUT2D eigenvalue weighted by Gasteiger charge is 2.03. The summed E-state index contributed by atoms with van der Waals surface area (Å²) in [5.74, 6) is 0. The minimum absolute atomic E-state index is 0.376. The molecule has 1 aliphatic heterocycles. The van der Waals surface area contributed by atoms with Crippen molar-refractivity contribution in [1.82, 2.24) is 14.9 Å². The fraction of sp³-hybridized carbons (Fsp3) is 0.571. The fourth-order valence-corrected chi connectivity index (χ4v) is 1.34. The molecule has 2 rings (SSSR count). The number of aldehydes is 1. The van der Waals surface area contributed by atoms with Crippen LogP contribution in [0.5, 0.6) is 0 Å². The van der Waals surface area contributed by atoms with Crippen molar-refractivity contribution in [2.24, 2.45) is 0 Å². The molecule has 1 saturated heterocycles. The Balaban J connectivity index is 0. The Labute approximate surface area is 116 Å². The first-order valence-corrected chi connectivity index (χ1v) is 6.43. The van der Waals surface area contributed by atoms with Crippen molar-refractivity contribution >= 4 is 13.1 Å². The molecule has 0 radical (unpaired) electrons. The van der Waals surface area contributed by atoms with Crippen LogP contribution in [0.4, 0.5) is 0 Å². The van der Waals surface area contributed by atoms with Crippen LogP contribution in [0.15, 0.2) is 12.4 Å². The normalized spacial score (nSPS) is 12.8. The molecule has 0 saturated carbocycles. The van der Waals surface area contributed by atoms with E-state index < -0.39 is 0 Å². The average Bonchev–Trinajstić information content (AvgIpc) is 2.96. The highest BCUT2D eigenvalue weighted by molar-refractivity contribution is 5.70. The number of rotatable bonds is 1. The smallest absolute Gasteiger partial charge is 0.170 e. The van der Waals surface area contributed by atoms with Gasteiger partial charge in [0.25, 0.3) is 0 Å². The van der Waals surface area contributed by atoms with Gasteiger partial charge in [-0.2, -0.15) is 0 Å². The van der Waals surface area contributed by atoms with Crippen LogP contribution in [-0.2, 0) is 4.79 Å². The Kier molecular flexibility index (Phi) is 15.0. The molecule has 108 valence electrons. The molecule has 1 aromatic rings. The van der Waals surface area contributed by atoms with Crippen LogP contribution in [-0.4, -0.2) is 48.1 Å². The fourth-order valence-electron chi connectivity index (χ4n) is 1.34. The summed E-state index contributed by atoms with van der Waals surface area (Å²) in [6.45, 7) is 10.5. The van der Waals surface area contributed by atoms with E-state index in [0.717, 1.165) is 5.69 Å². The molecule has 1 fully saturated rings. The van der Waals surface area contributed by atoms with Gasteiger partial charge in [-0.1, -0.05) is 13.8 Å². The number of likely N-dealkylation sites (tertiary alicyclic amines) is 1. The number of carbonyl (C=O) groups excluding carboxylic acids is 2. The molecular formula is C14H25N3O2. The van der Waals surface area contributed by atoms with Crippen LogP contribution >= 0.6 is 0 Å². The van der Waals surface area contributed by atoms with Crippen molar-refractivity contribution in [3.05, 3.63) is 23.8 Å². The Hall–Kier alpha value is -1.62. The topological polar surface area (TPSA) is 63.2 Å². The van der Waals surface area contributed by atoms with Gasteiger partial charge in [-0.05, 0) is 39.9 Å². The quantitative estimate of drug-likeness (QED) is 0.730. The second-order valence-corrected chi connectivity index (χ2v) is 3.71. The zero-order valence-electron chi connectivity index (χ0n) is 12.4. The first kappa shape index (κ1) is 19.7. The van der Waals surface area contributed by atoms with Gasteiger partial charge in [0, 0.05) is 6.20 Å². The summed E-state index contributed by atoms with van der Waals surface area (Å²) in [6.07, 6.45) is 6.51. The van der Waals surface area contributed by atoms with Gasteiger partial charge in [0.1, 0.15) is 12.5 Å². The van der Waals surface area contributed by atoms with Crippen molar-refractivity contribution in [3.8, 4) is 0 Å². The van der Waals surface area contributed by atoms with Gasteiger partial charge in [-0.3, -0.25) is 9.78 Å². The third-order valence-electron chi connectivity index (χ3n) is 2.25. The molecule has 0 atom stereocenters. The lowest BCUT2D eigenvalue weighted by atomic mass is 10.4. The van der Waals surface area contributed by atoms with Gasteiger partial charge >= 0.3 is 0 Å². The highest BCUT2D eigenvalue weighted by Crippen LogP contribution is 2.02.